The largest absolute Gasteiger partial charge is 0.496 e. The molecule has 0 aliphatic rings. The van der Waals surface area contributed by atoms with Gasteiger partial charge in [-0.25, -0.2) is 0 Å². The van der Waals surface area contributed by atoms with Crippen LogP contribution in [0.5, 0.6) is 0 Å². The number of hydrogen-bond acceptors (Lipinski definition) is 2. The highest BCUT2D eigenvalue weighted by Crippen LogP contribution is 2.20. The summed E-state index contributed by atoms with van der Waals surface area (Å²) in [5.74, 6) is 0.608. The van der Waals surface area contributed by atoms with Crippen LogP contribution >= 0.6 is 0 Å². The van der Waals surface area contributed by atoms with Crippen molar-refractivity contribution in [2.24, 2.45) is 0 Å². The van der Waals surface area contributed by atoms with Crippen molar-refractivity contribution in [3.63, 3.8) is 0 Å². The summed E-state index contributed by atoms with van der Waals surface area (Å²) in [7, 11) is 1.59. The molecule has 90 valence electrons. The van der Waals surface area contributed by atoms with Crippen molar-refractivity contribution in [1.29, 1.82) is 0 Å². The zero-order valence-electron chi connectivity index (χ0n) is 10.8. The number of ketones is 1. The Labute approximate surface area is 103 Å². The fraction of sp³-hybridized carbons (Fsp3) is 0.267. The first-order valence-electron chi connectivity index (χ1n) is 5.49. The van der Waals surface area contributed by atoms with Crippen LogP contribution in [-0.4, -0.2) is 12.9 Å². The van der Waals surface area contributed by atoms with Crippen LogP contribution in [0.1, 0.15) is 23.6 Å². The molecule has 0 aliphatic carbocycles. The van der Waals surface area contributed by atoms with Crippen LogP contribution in [0, 0.1) is 13.8 Å². The quantitative estimate of drug-likeness (QED) is 0.450. The Morgan fingerprint density at radius 3 is 2.41 bits per heavy atom. The molecule has 1 aromatic rings. The highest BCUT2D eigenvalue weighted by Gasteiger charge is 2.05. The minimum atomic E-state index is -0.0524. The topological polar surface area (TPSA) is 26.3 Å². The van der Waals surface area contributed by atoms with Crippen molar-refractivity contribution >= 4 is 11.5 Å². The van der Waals surface area contributed by atoms with Crippen molar-refractivity contribution in [3.05, 3.63) is 53.1 Å². The van der Waals surface area contributed by atoms with Crippen molar-refractivity contribution in [2.45, 2.75) is 20.8 Å². The molecule has 1 rings (SSSR count). The Bertz CT molecular complexity index is 482. The van der Waals surface area contributed by atoms with Crippen LogP contribution in [0.15, 0.2) is 36.4 Å². The van der Waals surface area contributed by atoms with E-state index in [1.165, 1.54) is 18.1 Å². The Hall–Kier alpha value is -1.83. The van der Waals surface area contributed by atoms with E-state index in [9.17, 15) is 4.79 Å². The fourth-order valence-corrected chi connectivity index (χ4v) is 1.41. The number of allylic oxidation sites excluding steroid dienone is 2. The van der Waals surface area contributed by atoms with Crippen molar-refractivity contribution in [2.75, 3.05) is 7.11 Å². The molecule has 0 saturated heterocycles. The molecular weight excluding hydrogens is 212 g/mol. The monoisotopic (exact) mass is 230 g/mol. The van der Waals surface area contributed by atoms with Gasteiger partial charge in [0.2, 0.25) is 0 Å². The molecule has 0 fully saturated rings. The molecule has 0 bridgehead atoms. The lowest BCUT2D eigenvalue weighted by atomic mass is 10.0. The standard InChI is InChI=1S/C15H18O2/c1-10-6-7-14(8-11(10)2)15(17-5)9-12(3)13(4)16/h6-9H,3H2,1-2,4-5H3/b15-9-. The molecule has 0 spiro atoms. The number of carbonyl (C=O) groups is 1. The van der Waals surface area contributed by atoms with Gasteiger partial charge in [0, 0.05) is 11.1 Å². The smallest absolute Gasteiger partial charge is 0.159 e. The van der Waals surface area contributed by atoms with Crippen molar-refractivity contribution in [1.82, 2.24) is 0 Å². The maximum Gasteiger partial charge on any atom is 0.159 e. The molecule has 2 nitrogen and oxygen atoms in total. The second-order valence-corrected chi connectivity index (χ2v) is 4.09. The highest BCUT2D eigenvalue weighted by atomic mass is 16.5. The van der Waals surface area contributed by atoms with Gasteiger partial charge in [0.25, 0.3) is 0 Å². The summed E-state index contributed by atoms with van der Waals surface area (Å²) < 4.78 is 5.30. The normalized spacial score (nSPS) is 11.2. The highest BCUT2D eigenvalue weighted by molar-refractivity contribution is 5.97. The lowest BCUT2D eigenvalue weighted by Crippen LogP contribution is -1.95. The Morgan fingerprint density at radius 1 is 1.29 bits per heavy atom. The number of Topliss-reactive ketones (excluding diaryl/α,β-unsaturated/α-hetero) is 1. The van der Waals surface area contributed by atoms with Gasteiger partial charge in [-0.15, -0.1) is 0 Å². The average Bonchev–Trinajstić information content (AvgIpc) is 2.29. The van der Waals surface area contributed by atoms with Crippen LogP contribution in [0.2, 0.25) is 0 Å². The third-order valence-corrected chi connectivity index (χ3v) is 2.77. The average molecular weight is 230 g/mol. The number of carbonyl (C=O) groups excluding carboxylic acids is 1. The molecule has 0 N–H and O–H groups in total. The van der Waals surface area contributed by atoms with Crippen molar-refractivity contribution < 1.29 is 9.53 Å². The summed E-state index contributed by atoms with van der Waals surface area (Å²) in [6.07, 6.45) is 1.67. The summed E-state index contributed by atoms with van der Waals surface area (Å²) in [6, 6.07) is 6.05. The summed E-state index contributed by atoms with van der Waals surface area (Å²) >= 11 is 0. The molecule has 0 atom stereocenters. The van der Waals surface area contributed by atoms with Gasteiger partial charge >= 0.3 is 0 Å². The second-order valence-electron chi connectivity index (χ2n) is 4.09. The molecule has 0 amide bonds. The van der Waals surface area contributed by atoms with E-state index in [1.807, 2.05) is 25.1 Å². The van der Waals surface area contributed by atoms with E-state index in [4.69, 9.17) is 4.74 Å². The van der Waals surface area contributed by atoms with Gasteiger partial charge in [0.15, 0.2) is 5.78 Å². The summed E-state index contributed by atoms with van der Waals surface area (Å²) in [5.41, 5.74) is 3.83. The maximum absolute atomic E-state index is 11.1. The summed E-state index contributed by atoms with van der Waals surface area (Å²) in [6.45, 7) is 9.30. The molecular formula is C15H18O2. The number of ether oxygens (including phenoxy) is 1. The first-order chi connectivity index (χ1) is 7.95. The van der Waals surface area contributed by atoms with E-state index in [0.717, 1.165) is 5.56 Å². The Kier molecular flexibility index (Phi) is 4.27. The minimum absolute atomic E-state index is 0.0524. The Morgan fingerprint density at radius 2 is 1.94 bits per heavy atom. The van der Waals surface area contributed by atoms with Crippen LogP contribution < -0.4 is 0 Å². The van der Waals surface area contributed by atoms with Gasteiger partial charge in [0.1, 0.15) is 5.76 Å². The van der Waals surface area contributed by atoms with Crippen molar-refractivity contribution in [3.8, 4) is 0 Å². The third kappa shape index (κ3) is 3.31. The van der Waals surface area contributed by atoms with E-state index in [-0.39, 0.29) is 5.78 Å². The number of rotatable bonds is 4. The minimum Gasteiger partial charge on any atom is -0.496 e. The van der Waals surface area contributed by atoms with E-state index in [1.54, 1.807) is 13.2 Å². The molecule has 1 aromatic carbocycles. The molecule has 0 aromatic heterocycles. The van der Waals surface area contributed by atoms with Gasteiger partial charge in [-0.3, -0.25) is 4.79 Å². The molecule has 0 radical (unpaired) electrons. The third-order valence-electron chi connectivity index (χ3n) is 2.77. The maximum atomic E-state index is 11.1. The van der Waals surface area contributed by atoms with E-state index >= 15 is 0 Å². The molecule has 0 unspecified atom stereocenters. The van der Waals surface area contributed by atoms with E-state index in [0.29, 0.717) is 11.3 Å². The van der Waals surface area contributed by atoms with Crippen LogP contribution in [0.3, 0.4) is 0 Å². The zero-order chi connectivity index (χ0) is 13.0. The first kappa shape index (κ1) is 13.2. The van der Waals surface area contributed by atoms with E-state index in [2.05, 4.69) is 13.5 Å². The zero-order valence-corrected chi connectivity index (χ0v) is 10.8. The SMILES string of the molecule is C=C(/C=C(\OC)c1ccc(C)c(C)c1)C(C)=O. The molecule has 0 saturated carbocycles. The number of benzene rings is 1. The predicted octanol–water partition coefficient (Wildman–Crippen LogP) is 3.44. The number of hydrogen-bond donors (Lipinski definition) is 0. The van der Waals surface area contributed by atoms with Crippen LogP contribution in [-0.2, 0) is 9.53 Å². The predicted molar refractivity (Wildman–Crippen MR) is 70.7 cm³/mol. The number of methoxy groups -OCH3 is 1. The lowest BCUT2D eigenvalue weighted by molar-refractivity contribution is -0.113. The second kappa shape index (κ2) is 5.48. The molecule has 0 aliphatic heterocycles. The van der Waals surface area contributed by atoms with Crippen LogP contribution in [0.4, 0.5) is 0 Å². The van der Waals surface area contributed by atoms with Gasteiger partial charge in [-0.05, 0) is 44.0 Å². The van der Waals surface area contributed by atoms with Gasteiger partial charge in [-0.2, -0.15) is 0 Å². The lowest BCUT2D eigenvalue weighted by Gasteiger charge is -2.09. The summed E-state index contributed by atoms with van der Waals surface area (Å²) in [5, 5.41) is 0. The molecule has 0 heterocycles. The summed E-state index contributed by atoms with van der Waals surface area (Å²) in [4.78, 5) is 11.1. The molecule has 2 heteroatoms. The first-order valence-corrected chi connectivity index (χ1v) is 5.49. The number of aryl methyl sites for hydroxylation is 2. The Balaban J connectivity index is 3.14. The fourth-order valence-electron chi connectivity index (χ4n) is 1.41. The molecule has 17 heavy (non-hydrogen) atoms. The van der Waals surface area contributed by atoms with Gasteiger partial charge in [-0.1, -0.05) is 18.7 Å². The van der Waals surface area contributed by atoms with Gasteiger partial charge in [0.05, 0.1) is 7.11 Å². The van der Waals surface area contributed by atoms with E-state index < -0.39 is 0 Å². The van der Waals surface area contributed by atoms with Gasteiger partial charge < -0.3 is 4.74 Å². The van der Waals surface area contributed by atoms with Crippen LogP contribution in [0.25, 0.3) is 5.76 Å².